The summed E-state index contributed by atoms with van der Waals surface area (Å²) in [6.45, 7) is -0.996. The van der Waals surface area contributed by atoms with E-state index in [4.69, 9.17) is 0 Å². The number of alkyl halides is 3. The third-order valence-corrected chi connectivity index (χ3v) is 2.92. The van der Waals surface area contributed by atoms with Crippen LogP contribution in [0.5, 0.6) is 0 Å². The fourth-order valence-corrected chi connectivity index (χ4v) is 2.22. The van der Waals surface area contributed by atoms with Gasteiger partial charge in [0.25, 0.3) is 0 Å². The minimum Gasteiger partial charge on any atom is -0.375 e. The molecule has 0 saturated carbocycles. The Balaban J connectivity index is 2.24. The van der Waals surface area contributed by atoms with E-state index in [9.17, 15) is 13.2 Å². The van der Waals surface area contributed by atoms with Crippen molar-refractivity contribution in [3.8, 4) is 0 Å². The van der Waals surface area contributed by atoms with Crippen molar-refractivity contribution >= 4 is 27.1 Å². The van der Waals surface area contributed by atoms with E-state index in [0.717, 1.165) is 10.1 Å². The third kappa shape index (κ3) is 2.41. The second-order valence-corrected chi connectivity index (χ2v) is 4.03. The number of benzene rings is 1. The summed E-state index contributed by atoms with van der Waals surface area (Å²) in [6.07, 6.45) is -4.18. The van der Waals surface area contributed by atoms with Crippen molar-refractivity contribution in [2.75, 3.05) is 11.9 Å². The second-order valence-electron chi connectivity index (χ2n) is 3.11. The van der Waals surface area contributed by atoms with Gasteiger partial charge in [-0.3, -0.25) is 0 Å². The fourth-order valence-electron chi connectivity index (χ4n) is 1.33. The number of hydrogen-bond acceptors (Lipinski definition) is 2. The zero-order valence-electron chi connectivity index (χ0n) is 7.64. The molecule has 15 heavy (non-hydrogen) atoms. The minimum atomic E-state index is -4.18. The summed E-state index contributed by atoms with van der Waals surface area (Å²) in [6, 6.07) is 7.17. The molecule has 0 aliphatic rings. The highest BCUT2D eigenvalue weighted by Crippen LogP contribution is 2.29. The molecule has 1 N–H and O–H groups in total. The van der Waals surface area contributed by atoms with Gasteiger partial charge in [0, 0.05) is 0 Å². The van der Waals surface area contributed by atoms with E-state index in [1.165, 1.54) is 11.3 Å². The summed E-state index contributed by atoms with van der Waals surface area (Å²) in [5, 5.41) is 5.23. The average Bonchev–Trinajstić information content (AvgIpc) is 2.61. The number of rotatable bonds is 2. The van der Waals surface area contributed by atoms with Gasteiger partial charge in [-0.2, -0.15) is 13.2 Å². The maximum Gasteiger partial charge on any atom is 0.405 e. The molecular weight excluding hydrogens is 223 g/mol. The maximum absolute atomic E-state index is 12.0. The normalized spacial score (nSPS) is 11.9. The number of anilines is 1. The Morgan fingerprint density at radius 2 is 2.00 bits per heavy atom. The SMILES string of the molecule is FC(F)(F)CNc1cccc2ccsc12. The van der Waals surface area contributed by atoms with Crippen molar-refractivity contribution in [3.05, 3.63) is 29.6 Å². The largest absolute Gasteiger partial charge is 0.405 e. The molecule has 1 nitrogen and oxygen atoms in total. The Labute approximate surface area is 88.5 Å². The van der Waals surface area contributed by atoms with E-state index in [0.29, 0.717) is 5.69 Å². The van der Waals surface area contributed by atoms with Gasteiger partial charge in [0.15, 0.2) is 0 Å². The van der Waals surface area contributed by atoms with Crippen molar-refractivity contribution in [2.45, 2.75) is 6.18 Å². The predicted molar refractivity (Wildman–Crippen MR) is 56.4 cm³/mol. The number of hydrogen-bond donors (Lipinski definition) is 1. The molecule has 1 aromatic carbocycles. The van der Waals surface area contributed by atoms with E-state index in [1.807, 2.05) is 17.5 Å². The number of fused-ring (bicyclic) bond motifs is 1. The molecule has 80 valence electrons. The maximum atomic E-state index is 12.0. The first-order chi connectivity index (χ1) is 7.06. The third-order valence-electron chi connectivity index (χ3n) is 1.96. The van der Waals surface area contributed by atoms with Gasteiger partial charge in [-0.25, -0.2) is 0 Å². The first kappa shape index (κ1) is 10.3. The summed E-state index contributed by atoms with van der Waals surface area (Å²) in [4.78, 5) is 0. The van der Waals surface area contributed by atoms with Crippen LogP contribution in [-0.4, -0.2) is 12.7 Å². The molecule has 2 rings (SSSR count). The van der Waals surface area contributed by atoms with E-state index in [-0.39, 0.29) is 0 Å². The second kappa shape index (κ2) is 3.73. The lowest BCUT2D eigenvalue weighted by Gasteiger charge is -2.09. The number of thiophene rings is 1. The molecule has 5 heteroatoms. The van der Waals surface area contributed by atoms with Crippen LogP contribution in [0.3, 0.4) is 0 Å². The number of halogens is 3. The molecule has 2 aromatic rings. The Morgan fingerprint density at radius 3 is 2.73 bits per heavy atom. The van der Waals surface area contributed by atoms with Crippen LogP contribution >= 0.6 is 11.3 Å². The lowest BCUT2D eigenvalue weighted by Crippen LogP contribution is -2.21. The van der Waals surface area contributed by atoms with Crippen LogP contribution in [0.15, 0.2) is 29.6 Å². The van der Waals surface area contributed by atoms with Crippen LogP contribution in [-0.2, 0) is 0 Å². The van der Waals surface area contributed by atoms with Gasteiger partial charge in [-0.15, -0.1) is 11.3 Å². The molecule has 0 saturated heterocycles. The van der Waals surface area contributed by atoms with Crippen LogP contribution in [0.25, 0.3) is 10.1 Å². The first-order valence-electron chi connectivity index (χ1n) is 4.33. The Hall–Kier alpha value is -1.23. The van der Waals surface area contributed by atoms with E-state index >= 15 is 0 Å². The monoisotopic (exact) mass is 231 g/mol. The van der Waals surface area contributed by atoms with Crippen LogP contribution in [0.2, 0.25) is 0 Å². The van der Waals surface area contributed by atoms with Crippen LogP contribution in [0, 0.1) is 0 Å². The van der Waals surface area contributed by atoms with Crippen molar-refractivity contribution < 1.29 is 13.2 Å². The highest BCUT2D eigenvalue weighted by molar-refractivity contribution is 7.17. The van der Waals surface area contributed by atoms with Crippen molar-refractivity contribution in [1.82, 2.24) is 0 Å². The molecule has 0 radical (unpaired) electrons. The molecule has 0 aliphatic carbocycles. The van der Waals surface area contributed by atoms with E-state index in [2.05, 4.69) is 5.32 Å². The minimum absolute atomic E-state index is 0.542. The molecule has 0 atom stereocenters. The molecule has 0 aliphatic heterocycles. The summed E-state index contributed by atoms with van der Waals surface area (Å²) in [7, 11) is 0. The zero-order valence-corrected chi connectivity index (χ0v) is 8.45. The summed E-state index contributed by atoms with van der Waals surface area (Å²) >= 11 is 1.43. The van der Waals surface area contributed by atoms with Gasteiger partial charge in [0.1, 0.15) is 6.54 Å². The van der Waals surface area contributed by atoms with E-state index in [1.54, 1.807) is 12.1 Å². The molecule has 0 bridgehead atoms. The molecule has 0 spiro atoms. The molecule has 0 unspecified atom stereocenters. The Bertz CT molecular complexity index is 461. The zero-order chi connectivity index (χ0) is 10.9. The molecule has 0 fully saturated rings. The predicted octanol–water partition coefficient (Wildman–Crippen LogP) is 3.88. The van der Waals surface area contributed by atoms with Crippen molar-refractivity contribution in [1.29, 1.82) is 0 Å². The van der Waals surface area contributed by atoms with Gasteiger partial charge in [0.05, 0.1) is 10.4 Å². The standard InChI is InChI=1S/C10H8F3NS/c11-10(12,13)6-14-8-3-1-2-7-4-5-15-9(7)8/h1-5,14H,6H2. The smallest absolute Gasteiger partial charge is 0.375 e. The molecule has 0 amide bonds. The lowest BCUT2D eigenvalue weighted by atomic mass is 10.2. The topological polar surface area (TPSA) is 12.0 Å². The highest BCUT2D eigenvalue weighted by atomic mass is 32.1. The van der Waals surface area contributed by atoms with Crippen LogP contribution in [0.4, 0.5) is 18.9 Å². The Kier molecular flexibility index (Phi) is 2.56. The Morgan fingerprint density at radius 1 is 1.20 bits per heavy atom. The van der Waals surface area contributed by atoms with Crippen LogP contribution in [0.1, 0.15) is 0 Å². The number of nitrogens with one attached hydrogen (secondary N) is 1. The highest BCUT2D eigenvalue weighted by Gasteiger charge is 2.26. The lowest BCUT2D eigenvalue weighted by molar-refractivity contribution is -0.115. The van der Waals surface area contributed by atoms with Gasteiger partial charge in [0.2, 0.25) is 0 Å². The summed E-state index contributed by atoms with van der Waals surface area (Å²) in [5.41, 5.74) is 0.542. The quantitative estimate of drug-likeness (QED) is 0.827. The van der Waals surface area contributed by atoms with Gasteiger partial charge >= 0.3 is 6.18 Å². The molecule has 1 heterocycles. The van der Waals surface area contributed by atoms with E-state index < -0.39 is 12.7 Å². The van der Waals surface area contributed by atoms with Crippen molar-refractivity contribution in [2.24, 2.45) is 0 Å². The van der Waals surface area contributed by atoms with Crippen molar-refractivity contribution in [3.63, 3.8) is 0 Å². The average molecular weight is 231 g/mol. The first-order valence-corrected chi connectivity index (χ1v) is 5.21. The summed E-state index contributed by atoms with van der Waals surface area (Å²) < 4.78 is 36.9. The van der Waals surface area contributed by atoms with Gasteiger partial charge < -0.3 is 5.32 Å². The molecule has 1 aromatic heterocycles. The van der Waals surface area contributed by atoms with Crippen LogP contribution < -0.4 is 5.32 Å². The van der Waals surface area contributed by atoms with Gasteiger partial charge in [-0.1, -0.05) is 12.1 Å². The fraction of sp³-hybridized carbons (Fsp3) is 0.200. The molecular formula is C10H8F3NS. The summed E-state index contributed by atoms with van der Waals surface area (Å²) in [5.74, 6) is 0. The van der Waals surface area contributed by atoms with Gasteiger partial charge in [-0.05, 0) is 22.9 Å².